The minimum atomic E-state index is -0.472. The van der Waals surface area contributed by atoms with Gasteiger partial charge in [-0.25, -0.2) is 14.8 Å². The molecule has 4 nitrogen and oxygen atoms in total. The number of hydrogen-bond donors (Lipinski definition) is 0. The molecule has 1 aliphatic heterocycles. The van der Waals surface area contributed by atoms with Gasteiger partial charge in [0.2, 0.25) is 5.90 Å². The second-order valence-corrected chi connectivity index (χ2v) is 5.63. The lowest BCUT2D eigenvalue weighted by Gasteiger charge is -1.98. The summed E-state index contributed by atoms with van der Waals surface area (Å²) in [5.41, 5.74) is 1.67. The average Bonchev–Trinajstić information content (AvgIpc) is 2.98. The molecule has 2 heterocycles. The first kappa shape index (κ1) is 13.0. The van der Waals surface area contributed by atoms with E-state index in [2.05, 4.69) is 9.98 Å². The molecule has 2 aromatic rings. The molecule has 3 rings (SSSR count). The highest BCUT2D eigenvalue weighted by molar-refractivity contribution is 7.09. The van der Waals surface area contributed by atoms with Crippen molar-refractivity contribution in [3.8, 4) is 0 Å². The number of hydrogen-bond acceptors (Lipinski definition) is 5. The molecule has 0 N–H and O–H groups in total. The van der Waals surface area contributed by atoms with Crippen LogP contribution in [0.1, 0.15) is 16.3 Å². The first-order valence-electron chi connectivity index (χ1n) is 5.82. The predicted molar refractivity (Wildman–Crippen MR) is 78.9 cm³/mol. The van der Waals surface area contributed by atoms with Crippen molar-refractivity contribution in [2.75, 3.05) is 0 Å². The summed E-state index contributed by atoms with van der Waals surface area (Å²) in [5.74, 6) is -0.189. The number of carbonyl (C=O) groups is 1. The first-order valence-corrected chi connectivity index (χ1v) is 7.08. The van der Waals surface area contributed by atoms with E-state index >= 15 is 0 Å². The van der Waals surface area contributed by atoms with E-state index in [0.29, 0.717) is 16.3 Å². The molecule has 0 amide bonds. The van der Waals surface area contributed by atoms with Gasteiger partial charge in [0.05, 0.1) is 10.7 Å². The molecule has 0 aliphatic carbocycles. The van der Waals surface area contributed by atoms with Crippen LogP contribution in [0.15, 0.2) is 40.3 Å². The monoisotopic (exact) mass is 304 g/mol. The molecule has 1 aromatic carbocycles. The Morgan fingerprint density at radius 3 is 2.70 bits per heavy atom. The van der Waals surface area contributed by atoms with Gasteiger partial charge in [0.25, 0.3) is 0 Å². The Bertz CT molecular complexity index is 732. The van der Waals surface area contributed by atoms with Crippen molar-refractivity contribution in [1.82, 2.24) is 4.98 Å². The van der Waals surface area contributed by atoms with Crippen LogP contribution in [0.5, 0.6) is 0 Å². The molecule has 0 fully saturated rings. The Balaban J connectivity index is 1.92. The highest BCUT2D eigenvalue weighted by Gasteiger charge is 2.24. The molecule has 20 heavy (non-hydrogen) atoms. The Hall–Kier alpha value is -1.98. The molecule has 0 radical (unpaired) electrons. The summed E-state index contributed by atoms with van der Waals surface area (Å²) >= 11 is 7.34. The number of halogens is 1. The average molecular weight is 305 g/mol. The number of nitrogens with zero attached hydrogens (tertiary/aromatic N) is 2. The Morgan fingerprint density at radius 2 is 2.05 bits per heavy atom. The summed E-state index contributed by atoms with van der Waals surface area (Å²) in [4.78, 5) is 20.2. The molecular formula is C14H9ClN2O2S. The number of thiazole rings is 1. The van der Waals surface area contributed by atoms with E-state index in [-0.39, 0.29) is 11.6 Å². The zero-order chi connectivity index (χ0) is 14.1. The topological polar surface area (TPSA) is 51.6 Å². The Kier molecular flexibility index (Phi) is 3.38. The Labute approximate surface area is 124 Å². The van der Waals surface area contributed by atoms with E-state index in [1.165, 1.54) is 11.3 Å². The van der Waals surface area contributed by atoms with E-state index in [9.17, 15) is 4.79 Å². The van der Waals surface area contributed by atoms with E-state index in [4.69, 9.17) is 16.3 Å². The van der Waals surface area contributed by atoms with Crippen molar-refractivity contribution in [3.05, 3.63) is 56.6 Å². The molecule has 0 saturated heterocycles. The molecule has 0 spiro atoms. The summed E-state index contributed by atoms with van der Waals surface area (Å²) in [6, 6.07) is 6.95. The van der Waals surface area contributed by atoms with Gasteiger partial charge in [-0.1, -0.05) is 11.6 Å². The van der Waals surface area contributed by atoms with Gasteiger partial charge in [-0.2, -0.15) is 0 Å². The van der Waals surface area contributed by atoms with Crippen molar-refractivity contribution in [1.29, 1.82) is 0 Å². The number of rotatable bonds is 2. The standard InChI is InChI=1S/C14H9ClN2O2S/c1-8-16-11(7-20-8)6-12-14(18)19-13(17-12)9-2-4-10(15)5-3-9/h2-7H,1H3/b12-6-. The molecule has 0 unspecified atom stereocenters. The second-order valence-electron chi connectivity index (χ2n) is 4.13. The van der Waals surface area contributed by atoms with Gasteiger partial charge in [-0.05, 0) is 37.3 Å². The highest BCUT2D eigenvalue weighted by atomic mass is 35.5. The maximum atomic E-state index is 11.8. The first-order chi connectivity index (χ1) is 9.61. The van der Waals surface area contributed by atoms with Crippen LogP contribution in [-0.4, -0.2) is 16.9 Å². The lowest BCUT2D eigenvalue weighted by Crippen LogP contribution is -2.05. The van der Waals surface area contributed by atoms with Crippen LogP contribution in [-0.2, 0) is 9.53 Å². The van der Waals surface area contributed by atoms with Crippen LogP contribution < -0.4 is 0 Å². The van der Waals surface area contributed by atoms with Gasteiger partial charge in [-0.15, -0.1) is 11.3 Å². The van der Waals surface area contributed by atoms with Crippen LogP contribution in [0.3, 0.4) is 0 Å². The summed E-state index contributed by atoms with van der Waals surface area (Å²) < 4.78 is 5.15. The molecule has 100 valence electrons. The van der Waals surface area contributed by atoms with Crippen molar-refractivity contribution in [3.63, 3.8) is 0 Å². The lowest BCUT2D eigenvalue weighted by atomic mass is 10.2. The smallest absolute Gasteiger partial charge is 0.363 e. The van der Waals surface area contributed by atoms with Crippen LogP contribution >= 0.6 is 22.9 Å². The SMILES string of the molecule is Cc1nc(/C=C2\N=C(c3ccc(Cl)cc3)OC2=O)cs1. The van der Waals surface area contributed by atoms with E-state index < -0.39 is 5.97 Å². The Morgan fingerprint density at radius 1 is 1.30 bits per heavy atom. The van der Waals surface area contributed by atoms with Gasteiger partial charge in [-0.3, -0.25) is 0 Å². The zero-order valence-corrected chi connectivity index (χ0v) is 12.0. The minimum Gasteiger partial charge on any atom is -0.402 e. The highest BCUT2D eigenvalue weighted by Crippen LogP contribution is 2.20. The molecule has 1 aromatic heterocycles. The van der Waals surface area contributed by atoms with Gasteiger partial charge in [0.1, 0.15) is 0 Å². The van der Waals surface area contributed by atoms with Crippen LogP contribution in [0, 0.1) is 6.92 Å². The number of benzene rings is 1. The second kappa shape index (κ2) is 5.19. The van der Waals surface area contributed by atoms with Gasteiger partial charge in [0, 0.05) is 16.0 Å². The predicted octanol–water partition coefficient (Wildman–Crippen LogP) is 3.45. The third kappa shape index (κ3) is 2.64. The van der Waals surface area contributed by atoms with Crippen molar-refractivity contribution < 1.29 is 9.53 Å². The number of esters is 1. The van der Waals surface area contributed by atoms with E-state index in [1.54, 1.807) is 30.3 Å². The normalized spacial score (nSPS) is 16.4. The summed E-state index contributed by atoms with van der Waals surface area (Å²) in [6.07, 6.45) is 1.62. The molecule has 6 heteroatoms. The van der Waals surface area contributed by atoms with Crippen molar-refractivity contribution in [2.45, 2.75) is 6.92 Å². The molecule has 0 atom stereocenters. The molecular weight excluding hydrogens is 296 g/mol. The summed E-state index contributed by atoms with van der Waals surface area (Å²) in [7, 11) is 0. The maximum Gasteiger partial charge on any atom is 0.363 e. The number of carbonyl (C=O) groups excluding carboxylic acids is 1. The van der Waals surface area contributed by atoms with E-state index in [0.717, 1.165) is 5.01 Å². The minimum absolute atomic E-state index is 0.250. The van der Waals surface area contributed by atoms with Crippen molar-refractivity contribution >= 4 is 40.9 Å². The number of aryl methyl sites for hydroxylation is 1. The van der Waals surface area contributed by atoms with Crippen LogP contribution in [0.2, 0.25) is 5.02 Å². The van der Waals surface area contributed by atoms with Crippen molar-refractivity contribution in [2.24, 2.45) is 4.99 Å². The maximum absolute atomic E-state index is 11.8. The van der Waals surface area contributed by atoms with E-state index in [1.807, 2.05) is 12.3 Å². The number of ether oxygens (including phenoxy) is 1. The lowest BCUT2D eigenvalue weighted by molar-refractivity contribution is -0.129. The molecule has 0 saturated carbocycles. The fourth-order valence-electron chi connectivity index (χ4n) is 1.71. The van der Waals surface area contributed by atoms with Crippen LogP contribution in [0.4, 0.5) is 0 Å². The zero-order valence-electron chi connectivity index (χ0n) is 10.5. The van der Waals surface area contributed by atoms with Gasteiger partial charge in [0.15, 0.2) is 5.70 Å². The number of aliphatic imine (C=N–C) groups is 1. The fraction of sp³-hybridized carbons (Fsp3) is 0.0714. The quantitative estimate of drug-likeness (QED) is 0.631. The summed E-state index contributed by atoms with van der Waals surface area (Å²) in [5, 5.41) is 3.42. The van der Waals surface area contributed by atoms with Crippen LogP contribution in [0.25, 0.3) is 6.08 Å². The fourth-order valence-corrected chi connectivity index (χ4v) is 2.41. The van der Waals surface area contributed by atoms with Gasteiger partial charge >= 0.3 is 5.97 Å². The van der Waals surface area contributed by atoms with Gasteiger partial charge < -0.3 is 4.74 Å². The largest absolute Gasteiger partial charge is 0.402 e. The summed E-state index contributed by atoms with van der Waals surface area (Å²) in [6.45, 7) is 1.90. The third-order valence-corrected chi connectivity index (χ3v) is 3.68. The number of aromatic nitrogens is 1. The molecule has 0 bridgehead atoms. The number of cyclic esters (lactones) is 1. The molecule has 1 aliphatic rings. The third-order valence-electron chi connectivity index (χ3n) is 2.63.